The Hall–Kier alpha value is -0.0100. The van der Waals surface area contributed by atoms with Crippen molar-refractivity contribution in [2.45, 2.75) is 51.8 Å². The predicted octanol–water partition coefficient (Wildman–Crippen LogP) is 6.58. The van der Waals surface area contributed by atoms with Gasteiger partial charge in [0.25, 0.3) is 0 Å². The molecule has 1 aliphatic rings. The highest BCUT2D eigenvalue weighted by atomic mass is 79.9. The molecule has 0 aromatic heterocycles. The van der Waals surface area contributed by atoms with Gasteiger partial charge in [-0.15, -0.1) is 11.6 Å². The summed E-state index contributed by atoms with van der Waals surface area (Å²) < 4.78 is 1.12. The van der Waals surface area contributed by atoms with Crippen molar-refractivity contribution in [3.8, 4) is 0 Å². The van der Waals surface area contributed by atoms with Gasteiger partial charge < -0.3 is 0 Å². The van der Waals surface area contributed by atoms with Crippen LogP contribution in [0.1, 0.15) is 57.4 Å². The van der Waals surface area contributed by atoms with Gasteiger partial charge in [0, 0.05) is 4.47 Å². The molecular weight excluding hydrogens is 320 g/mol. The maximum atomic E-state index is 6.68. The summed E-state index contributed by atoms with van der Waals surface area (Å²) in [5.41, 5.74) is 1.72. The van der Waals surface area contributed by atoms with E-state index in [4.69, 9.17) is 11.6 Å². The normalized spacial score (nSPS) is 26.2. The smallest absolute Gasteiger partial charge is 0.0613 e. The lowest BCUT2D eigenvalue weighted by atomic mass is 9.69. The van der Waals surface area contributed by atoms with Crippen molar-refractivity contribution in [3.05, 3.63) is 34.3 Å². The second-order valence-electron chi connectivity index (χ2n) is 6.93. The maximum absolute atomic E-state index is 6.68. The van der Waals surface area contributed by atoms with Crippen LogP contribution in [0.4, 0.5) is 0 Å². The van der Waals surface area contributed by atoms with Gasteiger partial charge in [-0.05, 0) is 60.6 Å². The molecule has 0 heterocycles. The fourth-order valence-electron chi connectivity index (χ4n) is 3.20. The highest BCUT2D eigenvalue weighted by molar-refractivity contribution is 9.10. The minimum absolute atomic E-state index is 0.175. The molecule has 0 amide bonds. The van der Waals surface area contributed by atoms with Crippen LogP contribution in [0.3, 0.4) is 0 Å². The summed E-state index contributed by atoms with van der Waals surface area (Å²) >= 11 is 10.2. The average Bonchev–Trinajstić information content (AvgIpc) is 2.38. The number of alkyl halides is 1. The monoisotopic (exact) mass is 342 g/mol. The first-order valence-corrected chi connectivity index (χ1v) is 8.50. The van der Waals surface area contributed by atoms with Gasteiger partial charge in [0.05, 0.1) is 5.38 Å². The topological polar surface area (TPSA) is 0 Å². The van der Waals surface area contributed by atoms with E-state index >= 15 is 0 Å². The molecule has 1 fully saturated rings. The lowest BCUT2D eigenvalue weighted by molar-refractivity contribution is 0.148. The SMILES string of the molecule is CC(C)(C)C1CCC(C(Cl)c2ccc(Br)cc2)CC1. The van der Waals surface area contributed by atoms with Crippen LogP contribution >= 0.6 is 27.5 Å². The quantitative estimate of drug-likeness (QED) is 0.532. The molecule has 1 unspecified atom stereocenters. The molecule has 19 heavy (non-hydrogen) atoms. The fraction of sp³-hybridized carbons (Fsp3) is 0.647. The van der Waals surface area contributed by atoms with Crippen molar-refractivity contribution in [1.29, 1.82) is 0 Å². The average molecular weight is 344 g/mol. The summed E-state index contributed by atoms with van der Waals surface area (Å²) in [6, 6.07) is 8.48. The summed E-state index contributed by atoms with van der Waals surface area (Å²) in [7, 11) is 0. The summed E-state index contributed by atoms with van der Waals surface area (Å²) in [5.74, 6) is 1.50. The number of hydrogen-bond donors (Lipinski definition) is 0. The first-order valence-electron chi connectivity index (χ1n) is 7.27. The summed E-state index contributed by atoms with van der Waals surface area (Å²) in [4.78, 5) is 0. The van der Waals surface area contributed by atoms with E-state index in [-0.39, 0.29) is 5.38 Å². The van der Waals surface area contributed by atoms with Crippen LogP contribution < -0.4 is 0 Å². The van der Waals surface area contributed by atoms with E-state index in [9.17, 15) is 0 Å². The maximum Gasteiger partial charge on any atom is 0.0613 e. The van der Waals surface area contributed by atoms with E-state index in [0.717, 1.165) is 10.4 Å². The molecule has 0 aliphatic heterocycles. The molecule has 0 nitrogen and oxygen atoms in total. The van der Waals surface area contributed by atoms with Gasteiger partial charge in [-0.25, -0.2) is 0 Å². The molecule has 0 saturated heterocycles. The summed E-state index contributed by atoms with van der Waals surface area (Å²) in [6.45, 7) is 7.10. The Balaban J connectivity index is 1.96. The lowest BCUT2D eigenvalue weighted by Crippen LogP contribution is -2.27. The third-order valence-electron chi connectivity index (χ3n) is 4.60. The van der Waals surface area contributed by atoms with Crippen LogP contribution in [0.2, 0.25) is 0 Å². The Morgan fingerprint density at radius 1 is 1.05 bits per heavy atom. The van der Waals surface area contributed by atoms with E-state index in [1.165, 1.54) is 31.2 Å². The van der Waals surface area contributed by atoms with E-state index in [2.05, 4.69) is 61.0 Å². The number of benzene rings is 1. The van der Waals surface area contributed by atoms with Gasteiger partial charge in [0.1, 0.15) is 0 Å². The molecule has 2 heteroatoms. The van der Waals surface area contributed by atoms with E-state index in [1.807, 2.05) is 0 Å². The molecule has 1 aromatic carbocycles. The van der Waals surface area contributed by atoms with Gasteiger partial charge in [-0.3, -0.25) is 0 Å². The molecule has 1 saturated carbocycles. The zero-order valence-corrected chi connectivity index (χ0v) is 14.5. The number of halogens is 2. The number of rotatable bonds is 2. The van der Waals surface area contributed by atoms with Crippen molar-refractivity contribution in [1.82, 2.24) is 0 Å². The van der Waals surface area contributed by atoms with Crippen LogP contribution in [-0.4, -0.2) is 0 Å². The molecule has 106 valence electrons. The molecule has 1 aromatic rings. The summed E-state index contributed by atoms with van der Waals surface area (Å²) in [5, 5.41) is 0.175. The first-order chi connectivity index (χ1) is 8.88. The minimum Gasteiger partial charge on any atom is -0.118 e. The van der Waals surface area contributed by atoms with Crippen LogP contribution in [0.15, 0.2) is 28.7 Å². The second-order valence-corrected chi connectivity index (χ2v) is 8.32. The molecular formula is C17H24BrCl. The third-order valence-corrected chi connectivity index (χ3v) is 5.74. The molecule has 1 atom stereocenters. The standard InChI is InChI=1S/C17H24BrCl/c1-17(2,3)14-8-4-12(5-9-14)16(19)13-6-10-15(18)11-7-13/h6-7,10-12,14,16H,4-5,8-9H2,1-3H3. The number of hydrogen-bond acceptors (Lipinski definition) is 0. The highest BCUT2D eigenvalue weighted by Crippen LogP contribution is 2.45. The van der Waals surface area contributed by atoms with Crippen molar-refractivity contribution in [2.75, 3.05) is 0 Å². The van der Waals surface area contributed by atoms with Crippen molar-refractivity contribution < 1.29 is 0 Å². The van der Waals surface area contributed by atoms with Gasteiger partial charge in [-0.2, -0.15) is 0 Å². The van der Waals surface area contributed by atoms with Gasteiger partial charge in [-0.1, -0.05) is 48.8 Å². The minimum atomic E-state index is 0.175. The van der Waals surface area contributed by atoms with Crippen LogP contribution in [0.5, 0.6) is 0 Å². The Morgan fingerprint density at radius 2 is 1.58 bits per heavy atom. The second kappa shape index (κ2) is 6.18. The van der Waals surface area contributed by atoms with Gasteiger partial charge >= 0.3 is 0 Å². The Labute approximate surface area is 131 Å². The third kappa shape index (κ3) is 3.98. The Bertz CT molecular complexity index is 396. The molecule has 0 N–H and O–H groups in total. The highest BCUT2D eigenvalue weighted by Gasteiger charge is 2.32. The van der Waals surface area contributed by atoms with Crippen LogP contribution in [-0.2, 0) is 0 Å². The zero-order chi connectivity index (χ0) is 14.0. The van der Waals surface area contributed by atoms with Crippen molar-refractivity contribution in [2.24, 2.45) is 17.3 Å². The zero-order valence-electron chi connectivity index (χ0n) is 12.1. The Kier molecular flexibility index (Phi) is 5.00. The molecule has 1 aliphatic carbocycles. The Morgan fingerprint density at radius 3 is 2.05 bits per heavy atom. The van der Waals surface area contributed by atoms with Crippen LogP contribution in [0.25, 0.3) is 0 Å². The first kappa shape index (κ1) is 15.4. The summed E-state index contributed by atoms with van der Waals surface area (Å²) in [6.07, 6.45) is 5.19. The molecule has 2 rings (SSSR count). The van der Waals surface area contributed by atoms with E-state index in [0.29, 0.717) is 11.3 Å². The van der Waals surface area contributed by atoms with Gasteiger partial charge in [0.15, 0.2) is 0 Å². The lowest BCUT2D eigenvalue weighted by Gasteiger charge is -2.38. The molecule has 0 bridgehead atoms. The van der Waals surface area contributed by atoms with Crippen molar-refractivity contribution >= 4 is 27.5 Å². The van der Waals surface area contributed by atoms with Crippen LogP contribution in [0, 0.1) is 17.3 Å². The molecule has 0 radical (unpaired) electrons. The van der Waals surface area contributed by atoms with E-state index in [1.54, 1.807) is 0 Å². The largest absolute Gasteiger partial charge is 0.118 e. The van der Waals surface area contributed by atoms with Gasteiger partial charge in [0.2, 0.25) is 0 Å². The molecule has 0 spiro atoms. The van der Waals surface area contributed by atoms with Crippen molar-refractivity contribution in [3.63, 3.8) is 0 Å². The fourth-order valence-corrected chi connectivity index (χ4v) is 3.86. The predicted molar refractivity (Wildman–Crippen MR) is 87.6 cm³/mol. The van der Waals surface area contributed by atoms with E-state index < -0.39 is 0 Å².